The molecule has 1 atom stereocenters. The molecule has 1 aliphatic rings. The molecule has 1 aromatic carbocycles. The normalized spacial score (nSPS) is 17.6. The molecule has 20 heavy (non-hydrogen) atoms. The summed E-state index contributed by atoms with van der Waals surface area (Å²) in [5.74, 6) is 0.0521. The summed E-state index contributed by atoms with van der Waals surface area (Å²) in [6.45, 7) is 2.57. The lowest BCUT2D eigenvalue weighted by atomic mass is 9.64. The van der Waals surface area contributed by atoms with Gasteiger partial charge in [-0.25, -0.2) is 0 Å². The molecule has 1 saturated carbocycles. The second-order valence-corrected chi connectivity index (χ2v) is 6.52. The summed E-state index contributed by atoms with van der Waals surface area (Å²) in [5, 5.41) is 3.04. The van der Waals surface area contributed by atoms with Crippen LogP contribution >= 0.6 is 28.3 Å². The Bertz CT molecular complexity index is 461. The lowest BCUT2D eigenvalue weighted by Gasteiger charge is -2.42. The fraction of sp³-hybridized carbons (Fsp3) is 0.533. The molecule has 0 aromatic heterocycles. The van der Waals surface area contributed by atoms with E-state index in [2.05, 4.69) is 39.4 Å². The Morgan fingerprint density at radius 2 is 2.20 bits per heavy atom. The van der Waals surface area contributed by atoms with Gasteiger partial charge in [0.15, 0.2) is 0 Å². The van der Waals surface area contributed by atoms with Crippen LogP contribution in [0.5, 0.6) is 0 Å². The average molecular weight is 362 g/mol. The third-order valence-electron chi connectivity index (χ3n) is 3.88. The van der Waals surface area contributed by atoms with E-state index in [9.17, 15) is 4.79 Å². The SMILES string of the molecule is CC(N)CC(=O)NCC1(c2cccc(Br)c2)CCC1.Cl. The van der Waals surface area contributed by atoms with Crippen LogP contribution in [0.4, 0.5) is 0 Å². The van der Waals surface area contributed by atoms with Crippen LogP contribution in [0.2, 0.25) is 0 Å². The molecule has 0 spiro atoms. The first-order chi connectivity index (χ1) is 9.02. The Morgan fingerprint density at radius 3 is 2.70 bits per heavy atom. The second-order valence-electron chi connectivity index (χ2n) is 5.60. The number of nitrogens with one attached hydrogen (secondary N) is 1. The third kappa shape index (κ3) is 4.21. The van der Waals surface area contributed by atoms with Crippen molar-refractivity contribution in [3.8, 4) is 0 Å². The van der Waals surface area contributed by atoms with Crippen LogP contribution < -0.4 is 11.1 Å². The zero-order valence-electron chi connectivity index (χ0n) is 11.7. The van der Waals surface area contributed by atoms with Crippen molar-refractivity contribution >= 4 is 34.2 Å². The molecular weight excluding hydrogens is 340 g/mol. The highest BCUT2D eigenvalue weighted by molar-refractivity contribution is 9.10. The first-order valence-electron chi connectivity index (χ1n) is 6.80. The van der Waals surface area contributed by atoms with E-state index in [0.717, 1.165) is 23.9 Å². The Hall–Kier alpha value is -0.580. The van der Waals surface area contributed by atoms with E-state index in [1.807, 2.05) is 13.0 Å². The van der Waals surface area contributed by atoms with Gasteiger partial charge in [-0.1, -0.05) is 34.5 Å². The predicted molar refractivity (Wildman–Crippen MR) is 88.2 cm³/mol. The number of benzene rings is 1. The minimum atomic E-state index is -0.0804. The maximum absolute atomic E-state index is 11.7. The molecule has 5 heteroatoms. The fourth-order valence-corrected chi connectivity index (χ4v) is 3.02. The third-order valence-corrected chi connectivity index (χ3v) is 4.37. The number of halogens is 2. The minimum Gasteiger partial charge on any atom is -0.355 e. The molecule has 1 aromatic rings. The summed E-state index contributed by atoms with van der Waals surface area (Å²) in [7, 11) is 0. The van der Waals surface area contributed by atoms with Gasteiger partial charge >= 0.3 is 0 Å². The fourth-order valence-electron chi connectivity index (χ4n) is 2.62. The van der Waals surface area contributed by atoms with Crippen molar-refractivity contribution in [3.05, 3.63) is 34.3 Å². The smallest absolute Gasteiger partial charge is 0.221 e. The van der Waals surface area contributed by atoms with Crippen molar-refractivity contribution < 1.29 is 4.79 Å². The van der Waals surface area contributed by atoms with Gasteiger partial charge in [-0.3, -0.25) is 4.79 Å². The maximum atomic E-state index is 11.7. The monoisotopic (exact) mass is 360 g/mol. The predicted octanol–water partition coefficient (Wildman–Crippen LogP) is 3.15. The molecule has 1 amide bonds. The largest absolute Gasteiger partial charge is 0.355 e. The van der Waals surface area contributed by atoms with Gasteiger partial charge in [0.05, 0.1) is 0 Å². The standard InChI is InChI=1S/C15H21BrN2O.ClH/c1-11(17)8-14(19)18-10-15(6-3-7-15)12-4-2-5-13(16)9-12;/h2,4-5,9,11H,3,6-8,10,17H2,1H3,(H,18,19);1H. The number of hydrogen-bond donors (Lipinski definition) is 2. The molecule has 112 valence electrons. The van der Waals surface area contributed by atoms with Gasteiger partial charge in [-0.05, 0) is 37.5 Å². The van der Waals surface area contributed by atoms with Crippen molar-refractivity contribution in [2.24, 2.45) is 5.73 Å². The first kappa shape index (κ1) is 17.5. The summed E-state index contributed by atoms with van der Waals surface area (Å²) in [4.78, 5) is 11.7. The summed E-state index contributed by atoms with van der Waals surface area (Å²) in [6.07, 6.45) is 3.91. The molecule has 0 aliphatic heterocycles. The molecule has 0 saturated heterocycles. The lowest BCUT2D eigenvalue weighted by molar-refractivity contribution is -0.121. The van der Waals surface area contributed by atoms with E-state index in [1.165, 1.54) is 12.0 Å². The van der Waals surface area contributed by atoms with E-state index in [-0.39, 0.29) is 29.8 Å². The van der Waals surface area contributed by atoms with E-state index in [4.69, 9.17) is 5.73 Å². The Labute approximate surface area is 135 Å². The lowest BCUT2D eigenvalue weighted by Crippen LogP contribution is -2.46. The summed E-state index contributed by atoms with van der Waals surface area (Å²) < 4.78 is 1.10. The molecule has 3 N–H and O–H groups in total. The quantitative estimate of drug-likeness (QED) is 0.846. The highest BCUT2D eigenvalue weighted by Crippen LogP contribution is 2.43. The Kier molecular flexibility index (Phi) is 6.49. The van der Waals surface area contributed by atoms with Crippen LogP contribution in [0.1, 0.15) is 38.2 Å². The number of nitrogens with two attached hydrogens (primary N) is 1. The van der Waals surface area contributed by atoms with Crippen molar-refractivity contribution in [2.45, 2.75) is 44.1 Å². The summed E-state index contributed by atoms with van der Waals surface area (Å²) in [6, 6.07) is 8.33. The topological polar surface area (TPSA) is 55.1 Å². The number of amides is 1. The number of carbonyl (C=O) groups excluding carboxylic acids is 1. The summed E-state index contributed by atoms with van der Waals surface area (Å²) in [5.41, 5.74) is 7.08. The number of carbonyl (C=O) groups is 1. The zero-order valence-corrected chi connectivity index (χ0v) is 14.1. The van der Waals surface area contributed by atoms with Crippen LogP contribution in [-0.2, 0) is 10.2 Å². The highest BCUT2D eigenvalue weighted by atomic mass is 79.9. The van der Waals surface area contributed by atoms with Gasteiger partial charge < -0.3 is 11.1 Å². The molecule has 0 bridgehead atoms. The molecule has 0 heterocycles. The minimum absolute atomic E-state index is 0. The van der Waals surface area contributed by atoms with Crippen molar-refractivity contribution in [3.63, 3.8) is 0 Å². The van der Waals surface area contributed by atoms with Gasteiger partial charge in [0.1, 0.15) is 0 Å². The van der Waals surface area contributed by atoms with Crippen LogP contribution in [0, 0.1) is 0 Å². The molecule has 2 rings (SSSR count). The van der Waals surface area contributed by atoms with Gasteiger partial charge in [0.25, 0.3) is 0 Å². The molecule has 0 radical (unpaired) electrons. The van der Waals surface area contributed by atoms with Crippen molar-refractivity contribution in [1.29, 1.82) is 0 Å². The van der Waals surface area contributed by atoms with Crippen LogP contribution in [0.25, 0.3) is 0 Å². The van der Waals surface area contributed by atoms with E-state index in [1.54, 1.807) is 0 Å². The van der Waals surface area contributed by atoms with Gasteiger partial charge in [-0.15, -0.1) is 12.4 Å². The Balaban J connectivity index is 0.00000200. The molecule has 1 fully saturated rings. The number of rotatable bonds is 5. The second kappa shape index (κ2) is 7.43. The van der Waals surface area contributed by atoms with Crippen LogP contribution in [0.15, 0.2) is 28.7 Å². The number of hydrogen-bond acceptors (Lipinski definition) is 2. The van der Waals surface area contributed by atoms with E-state index in [0.29, 0.717) is 6.42 Å². The Morgan fingerprint density at radius 1 is 1.50 bits per heavy atom. The maximum Gasteiger partial charge on any atom is 0.221 e. The molecule has 1 unspecified atom stereocenters. The molecule has 3 nitrogen and oxygen atoms in total. The first-order valence-corrected chi connectivity index (χ1v) is 7.59. The average Bonchev–Trinajstić information content (AvgIpc) is 2.26. The summed E-state index contributed by atoms with van der Waals surface area (Å²) >= 11 is 3.52. The van der Waals surface area contributed by atoms with Gasteiger partial charge in [0, 0.05) is 28.9 Å². The van der Waals surface area contributed by atoms with Gasteiger partial charge in [-0.2, -0.15) is 0 Å². The van der Waals surface area contributed by atoms with Crippen molar-refractivity contribution in [2.75, 3.05) is 6.54 Å². The highest BCUT2D eigenvalue weighted by Gasteiger charge is 2.38. The van der Waals surface area contributed by atoms with Crippen molar-refractivity contribution in [1.82, 2.24) is 5.32 Å². The molecular formula is C15H22BrClN2O. The molecule has 1 aliphatic carbocycles. The zero-order chi connectivity index (χ0) is 13.9. The van der Waals surface area contributed by atoms with E-state index >= 15 is 0 Å². The van der Waals surface area contributed by atoms with E-state index < -0.39 is 0 Å². The van der Waals surface area contributed by atoms with Crippen LogP contribution in [0.3, 0.4) is 0 Å². The van der Waals surface area contributed by atoms with Gasteiger partial charge in [0.2, 0.25) is 5.91 Å². The van der Waals surface area contributed by atoms with Crippen LogP contribution in [-0.4, -0.2) is 18.5 Å².